The number of thioether (sulfide) groups is 2. The number of rotatable bonds is 4. The maximum absolute atomic E-state index is 11.7. The molecule has 1 aliphatic heterocycles. The van der Waals surface area contributed by atoms with Crippen molar-refractivity contribution in [1.82, 2.24) is 10.6 Å². The number of hydrogen-bond acceptors (Lipinski definition) is 4. The Hall–Kier alpha value is -0.820. The SMILES string of the molecule is O=C(NCC1CSCCS1)NC1C=CC(C(=O)O)C1. The molecule has 0 bridgehead atoms. The van der Waals surface area contributed by atoms with Gasteiger partial charge in [-0.25, -0.2) is 4.79 Å². The van der Waals surface area contributed by atoms with E-state index in [0.717, 1.165) is 11.5 Å². The number of carboxylic acid groups (broad SMARTS) is 1. The topological polar surface area (TPSA) is 78.4 Å². The van der Waals surface area contributed by atoms with Gasteiger partial charge < -0.3 is 15.7 Å². The molecule has 0 aromatic rings. The summed E-state index contributed by atoms with van der Waals surface area (Å²) in [4.78, 5) is 22.5. The van der Waals surface area contributed by atoms with Crippen LogP contribution in [0.1, 0.15) is 6.42 Å². The lowest BCUT2D eigenvalue weighted by molar-refractivity contribution is -0.140. The molecule has 7 heteroatoms. The standard InChI is InChI=1S/C12H18N2O3S2/c15-11(16)8-1-2-9(5-8)14-12(17)13-6-10-7-18-3-4-19-10/h1-2,8-10H,3-7H2,(H,15,16)(H2,13,14,17). The molecule has 3 atom stereocenters. The zero-order chi connectivity index (χ0) is 13.7. The minimum Gasteiger partial charge on any atom is -0.481 e. The van der Waals surface area contributed by atoms with E-state index in [4.69, 9.17) is 5.11 Å². The van der Waals surface area contributed by atoms with Crippen LogP contribution in [0.2, 0.25) is 0 Å². The Kier molecular flexibility index (Phi) is 5.45. The van der Waals surface area contributed by atoms with Gasteiger partial charge >= 0.3 is 12.0 Å². The van der Waals surface area contributed by atoms with E-state index in [1.165, 1.54) is 5.75 Å². The molecular formula is C12H18N2O3S2. The molecule has 5 nitrogen and oxygen atoms in total. The molecule has 0 radical (unpaired) electrons. The molecule has 0 saturated carbocycles. The lowest BCUT2D eigenvalue weighted by Gasteiger charge is -2.21. The summed E-state index contributed by atoms with van der Waals surface area (Å²) in [6.07, 6.45) is 3.83. The quantitative estimate of drug-likeness (QED) is 0.679. The number of carbonyl (C=O) groups excluding carboxylic acids is 1. The Balaban J connectivity index is 1.65. The zero-order valence-corrected chi connectivity index (χ0v) is 12.1. The fourth-order valence-electron chi connectivity index (χ4n) is 2.07. The molecule has 1 heterocycles. The second kappa shape index (κ2) is 7.09. The van der Waals surface area contributed by atoms with E-state index in [0.29, 0.717) is 18.2 Å². The first-order valence-electron chi connectivity index (χ1n) is 6.30. The van der Waals surface area contributed by atoms with Crippen molar-refractivity contribution in [1.29, 1.82) is 0 Å². The number of carboxylic acids is 1. The second-order valence-corrected chi connectivity index (χ2v) is 7.15. The number of nitrogens with one attached hydrogen (secondary N) is 2. The molecule has 3 unspecified atom stereocenters. The number of urea groups is 1. The highest BCUT2D eigenvalue weighted by Gasteiger charge is 2.25. The second-order valence-electron chi connectivity index (χ2n) is 4.59. The largest absolute Gasteiger partial charge is 0.481 e. The Labute approximate surface area is 121 Å². The molecule has 2 aliphatic rings. The van der Waals surface area contributed by atoms with E-state index in [9.17, 15) is 9.59 Å². The minimum atomic E-state index is -0.836. The van der Waals surface area contributed by atoms with Crippen molar-refractivity contribution in [3.8, 4) is 0 Å². The van der Waals surface area contributed by atoms with Gasteiger partial charge in [0.25, 0.3) is 0 Å². The summed E-state index contributed by atoms with van der Waals surface area (Å²) in [6, 6.07) is -0.383. The zero-order valence-electron chi connectivity index (χ0n) is 10.5. The van der Waals surface area contributed by atoms with Gasteiger partial charge in [0, 0.05) is 29.1 Å². The van der Waals surface area contributed by atoms with Gasteiger partial charge in [-0.15, -0.1) is 0 Å². The Morgan fingerprint density at radius 2 is 2.16 bits per heavy atom. The Bertz CT molecular complexity index is 370. The molecule has 106 valence electrons. The highest BCUT2D eigenvalue weighted by molar-refractivity contribution is 8.06. The Morgan fingerprint density at radius 1 is 1.32 bits per heavy atom. The molecule has 1 saturated heterocycles. The van der Waals surface area contributed by atoms with Crippen LogP contribution < -0.4 is 10.6 Å². The molecule has 0 aromatic heterocycles. The predicted molar refractivity (Wildman–Crippen MR) is 78.8 cm³/mol. The van der Waals surface area contributed by atoms with Crippen LogP contribution in [0.5, 0.6) is 0 Å². The van der Waals surface area contributed by atoms with Gasteiger partial charge in [0.2, 0.25) is 0 Å². The average molecular weight is 302 g/mol. The van der Waals surface area contributed by atoms with Crippen LogP contribution in [0.15, 0.2) is 12.2 Å². The van der Waals surface area contributed by atoms with E-state index < -0.39 is 11.9 Å². The van der Waals surface area contributed by atoms with Gasteiger partial charge in [0.1, 0.15) is 0 Å². The van der Waals surface area contributed by atoms with Crippen LogP contribution in [-0.4, -0.2) is 52.2 Å². The maximum atomic E-state index is 11.7. The van der Waals surface area contributed by atoms with Gasteiger partial charge in [-0.1, -0.05) is 12.2 Å². The molecule has 1 fully saturated rings. The van der Waals surface area contributed by atoms with Crippen molar-refractivity contribution in [3.63, 3.8) is 0 Å². The average Bonchev–Trinajstić information content (AvgIpc) is 2.86. The van der Waals surface area contributed by atoms with E-state index in [2.05, 4.69) is 10.6 Å². The minimum absolute atomic E-state index is 0.172. The smallest absolute Gasteiger partial charge is 0.315 e. The van der Waals surface area contributed by atoms with Crippen molar-refractivity contribution in [2.45, 2.75) is 17.7 Å². The molecular weight excluding hydrogens is 284 g/mol. The molecule has 0 aromatic carbocycles. The highest BCUT2D eigenvalue weighted by atomic mass is 32.2. The molecule has 1 aliphatic carbocycles. The third-order valence-electron chi connectivity index (χ3n) is 3.09. The molecule has 19 heavy (non-hydrogen) atoms. The van der Waals surface area contributed by atoms with Gasteiger partial charge in [-0.3, -0.25) is 4.79 Å². The van der Waals surface area contributed by atoms with Gasteiger partial charge in [-0.05, 0) is 6.42 Å². The number of hydrogen-bond donors (Lipinski definition) is 3. The maximum Gasteiger partial charge on any atom is 0.315 e. The predicted octanol–water partition coefficient (Wildman–Crippen LogP) is 1.16. The summed E-state index contributed by atoms with van der Waals surface area (Å²) >= 11 is 3.82. The van der Waals surface area contributed by atoms with Crippen LogP contribution in [0.4, 0.5) is 4.79 Å². The normalized spacial score (nSPS) is 30.0. The van der Waals surface area contributed by atoms with Gasteiger partial charge in [0.05, 0.1) is 12.0 Å². The van der Waals surface area contributed by atoms with E-state index in [-0.39, 0.29) is 12.1 Å². The highest BCUT2D eigenvalue weighted by Crippen LogP contribution is 2.23. The first-order chi connectivity index (χ1) is 9.15. The molecule has 0 spiro atoms. The molecule has 2 rings (SSSR count). The van der Waals surface area contributed by atoms with Crippen molar-refractivity contribution < 1.29 is 14.7 Å². The fourth-order valence-corrected chi connectivity index (χ4v) is 4.68. The summed E-state index contributed by atoms with van der Waals surface area (Å²) in [5.41, 5.74) is 0. The van der Waals surface area contributed by atoms with Crippen molar-refractivity contribution in [2.24, 2.45) is 5.92 Å². The molecule has 2 amide bonds. The first kappa shape index (κ1) is 14.6. The monoisotopic (exact) mass is 302 g/mol. The summed E-state index contributed by atoms with van der Waals surface area (Å²) in [5.74, 6) is 2.10. The van der Waals surface area contributed by atoms with Crippen LogP contribution in [0.25, 0.3) is 0 Å². The summed E-state index contributed by atoms with van der Waals surface area (Å²) < 4.78 is 0. The van der Waals surface area contributed by atoms with Crippen molar-refractivity contribution >= 4 is 35.5 Å². The summed E-state index contributed by atoms with van der Waals surface area (Å²) in [5, 5.41) is 15.0. The first-order valence-corrected chi connectivity index (χ1v) is 8.50. The van der Waals surface area contributed by atoms with Crippen molar-refractivity contribution in [3.05, 3.63) is 12.2 Å². The number of amides is 2. The lowest BCUT2D eigenvalue weighted by Crippen LogP contribution is -2.44. The van der Waals surface area contributed by atoms with E-state index >= 15 is 0 Å². The van der Waals surface area contributed by atoms with Crippen molar-refractivity contribution in [2.75, 3.05) is 23.8 Å². The number of carbonyl (C=O) groups is 2. The van der Waals surface area contributed by atoms with E-state index in [1.807, 2.05) is 23.5 Å². The van der Waals surface area contributed by atoms with Crippen LogP contribution in [-0.2, 0) is 4.79 Å². The lowest BCUT2D eigenvalue weighted by atomic mass is 10.1. The van der Waals surface area contributed by atoms with Gasteiger partial charge in [0.15, 0.2) is 0 Å². The summed E-state index contributed by atoms with van der Waals surface area (Å²) in [6.45, 7) is 0.669. The third-order valence-corrected chi connectivity index (χ3v) is 5.94. The van der Waals surface area contributed by atoms with E-state index in [1.54, 1.807) is 12.2 Å². The number of aliphatic carboxylic acids is 1. The Morgan fingerprint density at radius 3 is 2.79 bits per heavy atom. The van der Waals surface area contributed by atoms with Crippen LogP contribution in [0.3, 0.4) is 0 Å². The summed E-state index contributed by atoms with van der Waals surface area (Å²) in [7, 11) is 0. The van der Waals surface area contributed by atoms with Gasteiger partial charge in [-0.2, -0.15) is 23.5 Å². The van der Waals surface area contributed by atoms with Crippen LogP contribution in [0, 0.1) is 5.92 Å². The fraction of sp³-hybridized carbons (Fsp3) is 0.667. The third kappa shape index (κ3) is 4.65. The van der Waals surface area contributed by atoms with Crippen LogP contribution >= 0.6 is 23.5 Å². The molecule has 3 N–H and O–H groups in total.